The summed E-state index contributed by atoms with van der Waals surface area (Å²) in [6, 6.07) is 6.07. The maximum Gasteiger partial charge on any atom is 0.0461 e. The van der Waals surface area contributed by atoms with Crippen molar-refractivity contribution >= 4 is 21.6 Å². The highest BCUT2D eigenvalue weighted by molar-refractivity contribution is 9.10. The Morgan fingerprint density at radius 2 is 2.00 bits per heavy atom. The number of anilines is 1. The fourth-order valence-electron chi connectivity index (χ4n) is 1.29. The lowest BCUT2D eigenvalue weighted by atomic mass is 9.97. The van der Waals surface area contributed by atoms with Gasteiger partial charge in [0.2, 0.25) is 0 Å². The Labute approximate surface area is 100 Å². The molecule has 0 aliphatic carbocycles. The van der Waals surface area contributed by atoms with Gasteiger partial charge < -0.3 is 11.1 Å². The second-order valence-electron chi connectivity index (χ2n) is 5.02. The van der Waals surface area contributed by atoms with E-state index in [-0.39, 0.29) is 0 Å². The van der Waals surface area contributed by atoms with E-state index in [1.165, 1.54) is 5.56 Å². The van der Waals surface area contributed by atoms with Crippen LogP contribution in [0.1, 0.15) is 26.3 Å². The third-order valence-corrected chi connectivity index (χ3v) is 2.77. The number of benzene rings is 1. The first-order chi connectivity index (χ1) is 6.88. The molecule has 0 heterocycles. The van der Waals surface area contributed by atoms with E-state index in [1.54, 1.807) is 0 Å². The van der Waals surface area contributed by atoms with E-state index in [0.717, 1.165) is 23.2 Å². The number of hydrogen-bond donors (Lipinski definition) is 2. The van der Waals surface area contributed by atoms with E-state index in [1.807, 2.05) is 12.1 Å². The van der Waals surface area contributed by atoms with Crippen molar-refractivity contribution in [2.75, 3.05) is 12.3 Å². The van der Waals surface area contributed by atoms with Crippen LogP contribution in [0.5, 0.6) is 0 Å². The van der Waals surface area contributed by atoms with Crippen LogP contribution >= 0.6 is 15.9 Å². The molecule has 0 aliphatic heterocycles. The standard InChI is InChI=1S/C12H19BrN2/c1-12(2,3)8-15-7-9-4-5-10(13)11(14)6-9/h4-6,15H,7-8,14H2,1-3H3. The predicted molar refractivity (Wildman–Crippen MR) is 69.7 cm³/mol. The van der Waals surface area contributed by atoms with Gasteiger partial charge >= 0.3 is 0 Å². The molecule has 84 valence electrons. The molecule has 1 aromatic rings. The fourth-order valence-corrected chi connectivity index (χ4v) is 1.53. The molecule has 0 bridgehead atoms. The van der Waals surface area contributed by atoms with Gasteiger partial charge in [-0.2, -0.15) is 0 Å². The van der Waals surface area contributed by atoms with Crippen LogP contribution in [0.2, 0.25) is 0 Å². The number of nitrogen functional groups attached to an aromatic ring is 1. The maximum atomic E-state index is 5.80. The van der Waals surface area contributed by atoms with Crippen molar-refractivity contribution < 1.29 is 0 Å². The maximum absolute atomic E-state index is 5.80. The van der Waals surface area contributed by atoms with Crippen LogP contribution in [0.3, 0.4) is 0 Å². The third kappa shape index (κ3) is 4.67. The van der Waals surface area contributed by atoms with Crippen molar-refractivity contribution in [2.45, 2.75) is 27.3 Å². The summed E-state index contributed by atoms with van der Waals surface area (Å²) in [6.45, 7) is 8.53. The number of nitrogens with one attached hydrogen (secondary N) is 1. The smallest absolute Gasteiger partial charge is 0.0461 e. The van der Waals surface area contributed by atoms with Gasteiger partial charge in [-0.15, -0.1) is 0 Å². The Morgan fingerprint density at radius 3 is 2.53 bits per heavy atom. The Morgan fingerprint density at radius 1 is 1.33 bits per heavy atom. The Kier molecular flexibility index (Phi) is 4.17. The average Bonchev–Trinajstić information content (AvgIpc) is 2.09. The normalized spacial score (nSPS) is 11.7. The minimum absolute atomic E-state index is 0.320. The second-order valence-corrected chi connectivity index (χ2v) is 5.87. The number of rotatable bonds is 3. The van der Waals surface area contributed by atoms with Crippen LogP contribution < -0.4 is 11.1 Å². The lowest BCUT2D eigenvalue weighted by Crippen LogP contribution is -2.26. The predicted octanol–water partition coefficient (Wildman–Crippen LogP) is 3.17. The van der Waals surface area contributed by atoms with Crippen molar-refractivity contribution in [1.82, 2.24) is 5.32 Å². The van der Waals surface area contributed by atoms with Crippen LogP contribution in [-0.2, 0) is 6.54 Å². The van der Waals surface area contributed by atoms with Crippen LogP contribution in [0.25, 0.3) is 0 Å². The highest BCUT2D eigenvalue weighted by Gasteiger charge is 2.08. The lowest BCUT2D eigenvalue weighted by Gasteiger charge is -2.18. The molecule has 0 spiro atoms. The summed E-state index contributed by atoms with van der Waals surface area (Å²) in [5.41, 5.74) is 8.14. The van der Waals surface area contributed by atoms with E-state index in [0.29, 0.717) is 5.41 Å². The fraction of sp³-hybridized carbons (Fsp3) is 0.500. The van der Waals surface area contributed by atoms with E-state index in [2.05, 4.69) is 48.1 Å². The number of nitrogens with two attached hydrogens (primary N) is 1. The molecular weight excluding hydrogens is 252 g/mol. The van der Waals surface area contributed by atoms with Crippen molar-refractivity contribution in [1.29, 1.82) is 0 Å². The SMILES string of the molecule is CC(C)(C)CNCc1ccc(Br)c(N)c1. The molecule has 15 heavy (non-hydrogen) atoms. The summed E-state index contributed by atoms with van der Waals surface area (Å²) < 4.78 is 0.960. The largest absolute Gasteiger partial charge is 0.398 e. The van der Waals surface area contributed by atoms with E-state index in [4.69, 9.17) is 5.73 Å². The van der Waals surface area contributed by atoms with Crippen LogP contribution in [-0.4, -0.2) is 6.54 Å². The minimum Gasteiger partial charge on any atom is -0.398 e. The summed E-state index contributed by atoms with van der Waals surface area (Å²) in [5.74, 6) is 0. The molecule has 3 heteroatoms. The molecular formula is C12H19BrN2. The molecule has 3 N–H and O–H groups in total. The zero-order valence-electron chi connectivity index (χ0n) is 9.60. The topological polar surface area (TPSA) is 38.0 Å². The van der Waals surface area contributed by atoms with E-state index >= 15 is 0 Å². The summed E-state index contributed by atoms with van der Waals surface area (Å²) >= 11 is 3.38. The van der Waals surface area contributed by atoms with Gasteiger partial charge in [-0.25, -0.2) is 0 Å². The van der Waals surface area contributed by atoms with Gasteiger partial charge in [-0.05, 0) is 39.0 Å². The molecule has 1 aromatic carbocycles. The Hall–Kier alpha value is -0.540. The van der Waals surface area contributed by atoms with Crippen molar-refractivity contribution in [3.8, 4) is 0 Å². The van der Waals surface area contributed by atoms with Crippen molar-refractivity contribution in [3.63, 3.8) is 0 Å². The number of hydrogen-bond acceptors (Lipinski definition) is 2. The van der Waals surface area contributed by atoms with Gasteiger partial charge in [0.05, 0.1) is 0 Å². The summed E-state index contributed by atoms with van der Waals surface area (Å²) in [5, 5.41) is 3.42. The highest BCUT2D eigenvalue weighted by Crippen LogP contribution is 2.20. The van der Waals surface area contributed by atoms with Gasteiger partial charge in [0.1, 0.15) is 0 Å². The first kappa shape index (κ1) is 12.5. The monoisotopic (exact) mass is 270 g/mol. The van der Waals surface area contributed by atoms with Gasteiger partial charge in [0, 0.05) is 23.2 Å². The highest BCUT2D eigenvalue weighted by atomic mass is 79.9. The molecule has 0 aromatic heterocycles. The molecule has 0 saturated heterocycles. The van der Waals surface area contributed by atoms with Gasteiger partial charge in [0.25, 0.3) is 0 Å². The van der Waals surface area contributed by atoms with Crippen LogP contribution in [0.15, 0.2) is 22.7 Å². The minimum atomic E-state index is 0.320. The van der Waals surface area contributed by atoms with Gasteiger partial charge in [0.15, 0.2) is 0 Å². The molecule has 2 nitrogen and oxygen atoms in total. The summed E-state index contributed by atoms with van der Waals surface area (Å²) in [4.78, 5) is 0. The molecule has 0 aliphatic rings. The molecule has 0 atom stereocenters. The lowest BCUT2D eigenvalue weighted by molar-refractivity contribution is 0.379. The molecule has 0 fully saturated rings. The Balaban J connectivity index is 2.48. The second kappa shape index (κ2) is 4.99. The van der Waals surface area contributed by atoms with Gasteiger partial charge in [-0.3, -0.25) is 0 Å². The Bertz CT molecular complexity index is 329. The first-order valence-corrected chi connectivity index (χ1v) is 5.92. The summed E-state index contributed by atoms with van der Waals surface area (Å²) in [7, 11) is 0. The van der Waals surface area contributed by atoms with Gasteiger partial charge in [-0.1, -0.05) is 26.8 Å². The first-order valence-electron chi connectivity index (χ1n) is 5.13. The zero-order chi connectivity index (χ0) is 11.5. The van der Waals surface area contributed by atoms with Crippen LogP contribution in [0, 0.1) is 5.41 Å². The molecule has 0 unspecified atom stereocenters. The van der Waals surface area contributed by atoms with Crippen LogP contribution in [0.4, 0.5) is 5.69 Å². The average molecular weight is 271 g/mol. The zero-order valence-corrected chi connectivity index (χ0v) is 11.2. The van der Waals surface area contributed by atoms with E-state index < -0.39 is 0 Å². The summed E-state index contributed by atoms with van der Waals surface area (Å²) in [6.07, 6.45) is 0. The number of halogens is 1. The van der Waals surface area contributed by atoms with Crippen molar-refractivity contribution in [3.05, 3.63) is 28.2 Å². The van der Waals surface area contributed by atoms with E-state index in [9.17, 15) is 0 Å². The molecule has 0 saturated carbocycles. The third-order valence-electron chi connectivity index (χ3n) is 2.04. The van der Waals surface area contributed by atoms with Crippen molar-refractivity contribution in [2.24, 2.45) is 5.41 Å². The quantitative estimate of drug-likeness (QED) is 0.829. The molecule has 1 rings (SSSR count). The molecule has 0 radical (unpaired) electrons. The molecule has 0 amide bonds.